The van der Waals surface area contributed by atoms with E-state index in [0.717, 1.165) is 33.3 Å². The molecule has 1 aromatic carbocycles. The molecule has 168 valence electrons. The minimum absolute atomic E-state index is 0.160. The first-order valence-electron chi connectivity index (χ1n) is 9.51. The Labute approximate surface area is 178 Å². The molecule has 5 atom stereocenters. The van der Waals surface area contributed by atoms with Gasteiger partial charge in [0.1, 0.15) is 6.10 Å². The summed E-state index contributed by atoms with van der Waals surface area (Å²) >= 11 is 0. The second-order valence-electron chi connectivity index (χ2n) is 6.92. The fourth-order valence-electron chi connectivity index (χ4n) is 3.29. The van der Waals surface area contributed by atoms with Crippen molar-refractivity contribution in [3.63, 3.8) is 0 Å². The first kappa shape index (κ1) is 24.0. The third kappa shape index (κ3) is 6.88. The normalized spacial score (nSPS) is 25.1. The number of carbonyl (C=O) groups is 5. The van der Waals surface area contributed by atoms with Crippen molar-refractivity contribution in [3.05, 3.63) is 35.9 Å². The number of benzene rings is 1. The largest absolute Gasteiger partial charge is 0.456 e. The maximum atomic E-state index is 12.6. The number of carbonyl (C=O) groups excluding carboxylic acids is 5. The molecule has 2 rings (SSSR count). The summed E-state index contributed by atoms with van der Waals surface area (Å²) in [5.74, 6) is -4.31. The van der Waals surface area contributed by atoms with Gasteiger partial charge in [0.15, 0.2) is 24.4 Å². The Morgan fingerprint density at radius 1 is 0.742 bits per heavy atom. The molecule has 1 aliphatic heterocycles. The lowest BCUT2D eigenvalue weighted by molar-refractivity contribution is -0.248. The Bertz CT molecular complexity index is 834. The van der Waals surface area contributed by atoms with Crippen molar-refractivity contribution in [2.75, 3.05) is 0 Å². The minimum atomic E-state index is -1.60. The highest BCUT2D eigenvalue weighted by molar-refractivity contribution is 5.87. The van der Waals surface area contributed by atoms with Gasteiger partial charge in [0.05, 0.1) is 0 Å². The Hall–Kier alpha value is -3.27. The van der Waals surface area contributed by atoms with Gasteiger partial charge in [-0.2, -0.15) is 0 Å². The van der Waals surface area contributed by atoms with E-state index in [4.69, 9.17) is 18.9 Å². The monoisotopic (exact) mass is 436 g/mol. The predicted octanol–water partition coefficient (Wildman–Crippen LogP) is 0.881. The summed E-state index contributed by atoms with van der Waals surface area (Å²) in [7, 11) is 0. The highest BCUT2D eigenvalue weighted by Gasteiger charge is 2.54. The molecule has 0 saturated carbocycles. The average molecular weight is 436 g/mol. The van der Waals surface area contributed by atoms with Gasteiger partial charge in [-0.25, -0.2) is 4.79 Å². The molecular formula is C21H24O10. The molecule has 1 aromatic rings. The molecule has 1 heterocycles. The Kier molecular flexibility index (Phi) is 8.26. The van der Waals surface area contributed by atoms with E-state index < -0.39 is 60.4 Å². The number of rotatable bonds is 6. The van der Waals surface area contributed by atoms with Gasteiger partial charge in [-0.15, -0.1) is 0 Å². The van der Waals surface area contributed by atoms with Gasteiger partial charge in [-0.3, -0.25) is 19.2 Å². The van der Waals surface area contributed by atoms with Crippen LogP contribution in [-0.2, 0) is 54.1 Å². The lowest BCUT2D eigenvalue weighted by Gasteiger charge is -2.43. The van der Waals surface area contributed by atoms with E-state index in [1.807, 2.05) is 0 Å². The van der Waals surface area contributed by atoms with Crippen LogP contribution in [0.3, 0.4) is 0 Å². The van der Waals surface area contributed by atoms with Crippen LogP contribution in [0.5, 0.6) is 0 Å². The fraction of sp³-hybridized carbons (Fsp3) is 0.476. The molecular weight excluding hydrogens is 412 g/mol. The Morgan fingerprint density at radius 3 is 1.77 bits per heavy atom. The van der Waals surface area contributed by atoms with Gasteiger partial charge in [-0.1, -0.05) is 30.3 Å². The van der Waals surface area contributed by atoms with Crippen molar-refractivity contribution in [1.29, 1.82) is 0 Å². The molecule has 1 saturated heterocycles. The molecule has 1 fully saturated rings. The molecule has 10 nitrogen and oxygen atoms in total. The van der Waals surface area contributed by atoms with Gasteiger partial charge >= 0.3 is 29.8 Å². The van der Waals surface area contributed by atoms with Crippen LogP contribution >= 0.6 is 0 Å². The summed E-state index contributed by atoms with van der Waals surface area (Å²) in [5, 5.41) is 0. The van der Waals surface area contributed by atoms with Crippen molar-refractivity contribution in [2.24, 2.45) is 0 Å². The summed E-state index contributed by atoms with van der Waals surface area (Å²) in [6.45, 7) is 4.37. The van der Waals surface area contributed by atoms with Gasteiger partial charge in [0.2, 0.25) is 0 Å². The van der Waals surface area contributed by atoms with E-state index in [0.29, 0.717) is 0 Å². The molecule has 1 aliphatic rings. The van der Waals surface area contributed by atoms with Crippen LogP contribution in [-0.4, -0.2) is 60.4 Å². The second kappa shape index (κ2) is 10.7. The van der Waals surface area contributed by atoms with Gasteiger partial charge in [-0.05, 0) is 5.56 Å². The summed E-state index contributed by atoms with van der Waals surface area (Å²) in [6, 6.07) is 8.95. The number of esters is 5. The molecule has 31 heavy (non-hydrogen) atoms. The van der Waals surface area contributed by atoms with Crippen LogP contribution in [0, 0.1) is 0 Å². The van der Waals surface area contributed by atoms with Gasteiger partial charge < -0.3 is 23.7 Å². The van der Waals surface area contributed by atoms with Gasteiger partial charge in [0, 0.05) is 34.1 Å². The van der Waals surface area contributed by atoms with Crippen LogP contribution in [0.25, 0.3) is 0 Å². The van der Waals surface area contributed by atoms with Crippen LogP contribution in [0.1, 0.15) is 33.3 Å². The molecule has 2 unspecified atom stereocenters. The van der Waals surface area contributed by atoms with E-state index in [1.54, 1.807) is 30.3 Å². The van der Waals surface area contributed by atoms with E-state index in [-0.39, 0.29) is 6.42 Å². The van der Waals surface area contributed by atoms with E-state index in [2.05, 4.69) is 4.74 Å². The lowest BCUT2D eigenvalue weighted by atomic mass is 9.90. The zero-order chi connectivity index (χ0) is 23.1. The standard InChI is InChI=1S/C21H24O10/c1-11(22)27-17-16(10-15-8-6-5-7-9-15)31-20(21(26)30-14(4)25)19(29-13(3)24)18(17)28-12(2)23/h5-9,16-20H,10H2,1-4H3/t16?,17-,18-,19-,20?/m1/s1. The number of hydrogen-bond acceptors (Lipinski definition) is 10. The number of ether oxygens (including phenoxy) is 5. The van der Waals surface area contributed by atoms with E-state index in [9.17, 15) is 24.0 Å². The smallest absolute Gasteiger partial charge is 0.346 e. The zero-order valence-corrected chi connectivity index (χ0v) is 17.6. The predicted molar refractivity (Wildman–Crippen MR) is 102 cm³/mol. The topological polar surface area (TPSA) is 132 Å². The highest BCUT2D eigenvalue weighted by atomic mass is 16.7. The molecule has 0 amide bonds. The summed E-state index contributed by atoms with van der Waals surface area (Å²) in [4.78, 5) is 59.1. The Balaban J connectivity index is 2.50. The highest BCUT2D eigenvalue weighted by Crippen LogP contribution is 2.31. The van der Waals surface area contributed by atoms with Crippen LogP contribution in [0.15, 0.2) is 30.3 Å². The molecule has 0 spiro atoms. The molecule has 10 heteroatoms. The van der Waals surface area contributed by atoms with Crippen molar-refractivity contribution >= 4 is 29.8 Å². The molecule has 0 aliphatic carbocycles. The Morgan fingerprint density at radius 2 is 1.26 bits per heavy atom. The van der Waals surface area contributed by atoms with Crippen LogP contribution in [0.2, 0.25) is 0 Å². The fourth-order valence-corrected chi connectivity index (χ4v) is 3.29. The molecule has 0 bridgehead atoms. The third-order valence-electron chi connectivity index (χ3n) is 4.30. The molecule has 0 radical (unpaired) electrons. The van der Waals surface area contributed by atoms with Crippen LogP contribution < -0.4 is 0 Å². The SMILES string of the molecule is CC(=O)OC(=O)C1OC(Cc2ccccc2)[C@@H](OC(C)=O)[C@@H](OC(C)=O)[C@H]1OC(C)=O. The van der Waals surface area contributed by atoms with E-state index in [1.165, 1.54) is 0 Å². The van der Waals surface area contributed by atoms with Crippen molar-refractivity contribution < 1.29 is 47.7 Å². The second-order valence-corrected chi connectivity index (χ2v) is 6.92. The van der Waals surface area contributed by atoms with Crippen LogP contribution in [0.4, 0.5) is 0 Å². The van der Waals surface area contributed by atoms with Crippen molar-refractivity contribution in [2.45, 2.75) is 64.6 Å². The molecule has 0 aromatic heterocycles. The first-order chi connectivity index (χ1) is 14.6. The average Bonchev–Trinajstić information content (AvgIpc) is 2.65. The molecule has 0 N–H and O–H groups in total. The minimum Gasteiger partial charge on any atom is -0.456 e. The number of hydrogen-bond donors (Lipinski definition) is 0. The maximum Gasteiger partial charge on any atom is 0.346 e. The van der Waals surface area contributed by atoms with Crippen molar-refractivity contribution in [1.82, 2.24) is 0 Å². The van der Waals surface area contributed by atoms with Crippen molar-refractivity contribution in [3.8, 4) is 0 Å². The van der Waals surface area contributed by atoms with E-state index >= 15 is 0 Å². The first-order valence-corrected chi connectivity index (χ1v) is 9.51. The van der Waals surface area contributed by atoms with Gasteiger partial charge in [0.25, 0.3) is 0 Å². The third-order valence-corrected chi connectivity index (χ3v) is 4.30. The quantitative estimate of drug-likeness (QED) is 0.360. The zero-order valence-electron chi connectivity index (χ0n) is 17.6. The lowest BCUT2D eigenvalue weighted by Crippen LogP contribution is -2.63. The summed E-state index contributed by atoms with van der Waals surface area (Å²) in [6.07, 6.45) is -6.51. The summed E-state index contributed by atoms with van der Waals surface area (Å²) < 4.78 is 26.3. The summed E-state index contributed by atoms with van der Waals surface area (Å²) in [5.41, 5.74) is 0.774. The maximum absolute atomic E-state index is 12.6.